The molecular weight excluding hydrogens is 440 g/mol. The van der Waals surface area contributed by atoms with Crippen molar-refractivity contribution in [1.82, 2.24) is 19.9 Å². The first-order chi connectivity index (χ1) is 15.3. The van der Waals surface area contributed by atoms with Crippen LogP contribution in [0.15, 0.2) is 5.54 Å². The van der Waals surface area contributed by atoms with E-state index in [4.69, 9.17) is 31.5 Å². The van der Waals surface area contributed by atoms with E-state index >= 15 is 0 Å². The summed E-state index contributed by atoms with van der Waals surface area (Å²) < 4.78 is 0. The fourth-order valence-electron chi connectivity index (χ4n) is 3.26. The van der Waals surface area contributed by atoms with Crippen molar-refractivity contribution in [3.8, 4) is 0 Å². The third-order valence-corrected chi connectivity index (χ3v) is 5.08. The van der Waals surface area contributed by atoms with E-state index in [2.05, 4.69) is 0 Å². The van der Waals surface area contributed by atoms with Gasteiger partial charge in [0.05, 0.1) is 11.1 Å². The first-order valence-corrected chi connectivity index (χ1v) is 10.9. The van der Waals surface area contributed by atoms with E-state index in [1.54, 1.807) is 5.54 Å². The van der Waals surface area contributed by atoms with Crippen LogP contribution in [0.25, 0.3) is 5.57 Å². The first kappa shape index (κ1) is 26.2. The topological polar surface area (TPSA) is 71.0 Å². The van der Waals surface area contributed by atoms with E-state index in [9.17, 15) is 0 Å². The van der Waals surface area contributed by atoms with Gasteiger partial charge in [-0.3, -0.25) is 0 Å². The second-order valence-electron chi connectivity index (χ2n) is 8.98. The second-order valence-corrected chi connectivity index (χ2v) is 9.20. The summed E-state index contributed by atoms with van der Waals surface area (Å²) in [6.07, 6.45) is 0. The Morgan fingerprint density at radius 3 is 0.879 bits per heavy atom. The van der Waals surface area contributed by atoms with Crippen LogP contribution in [-0.2, 0) is 0 Å². The predicted molar refractivity (Wildman–Crippen MR) is 143 cm³/mol. The zero-order valence-electron chi connectivity index (χ0n) is 21.9. The normalized spacial score (nSPS) is 10.6. The van der Waals surface area contributed by atoms with Crippen LogP contribution in [0.3, 0.4) is 0 Å². The Morgan fingerprint density at radius 1 is 0.485 bits per heavy atom. The molecule has 0 N–H and O–H groups in total. The monoisotopic (exact) mass is 476 g/mol. The summed E-state index contributed by atoms with van der Waals surface area (Å²) in [6, 6.07) is 0. The van der Waals surface area contributed by atoms with Crippen molar-refractivity contribution in [2.75, 3.05) is 114 Å². The second kappa shape index (κ2) is 10.3. The van der Waals surface area contributed by atoms with Gasteiger partial charge in [0, 0.05) is 95.7 Å². The highest BCUT2D eigenvalue weighted by atomic mass is 35.5. The lowest BCUT2D eigenvalue weighted by Gasteiger charge is -2.29. The molecule has 2 heterocycles. The quantitative estimate of drug-likeness (QED) is 0.566. The van der Waals surface area contributed by atoms with Crippen molar-refractivity contribution in [2.45, 2.75) is 0 Å². The maximum atomic E-state index is 6.58. The zero-order valence-corrected chi connectivity index (χ0v) is 22.7. The van der Waals surface area contributed by atoms with E-state index in [1.807, 2.05) is 114 Å². The zero-order chi connectivity index (χ0) is 25.2. The molecule has 0 saturated heterocycles. The van der Waals surface area contributed by atoms with Crippen LogP contribution in [0.4, 0.5) is 35.2 Å². The van der Waals surface area contributed by atoms with Crippen molar-refractivity contribution >= 4 is 52.3 Å². The number of hydrogen-bond donors (Lipinski definition) is 0. The van der Waals surface area contributed by atoms with Crippen LogP contribution in [0, 0.1) is 0 Å². The van der Waals surface area contributed by atoms with E-state index in [0.29, 0.717) is 11.9 Å². The molecule has 2 rings (SSSR count). The molecule has 0 saturated carbocycles. The minimum absolute atomic E-state index is 0.611. The van der Waals surface area contributed by atoms with Gasteiger partial charge in [-0.15, -0.1) is 0 Å². The summed E-state index contributed by atoms with van der Waals surface area (Å²) >= 11 is 6.58. The summed E-state index contributed by atoms with van der Waals surface area (Å²) in [4.78, 5) is 31.0. The minimum Gasteiger partial charge on any atom is -0.362 e. The maximum Gasteiger partial charge on any atom is 0.228 e. The predicted octanol–water partition coefficient (Wildman–Crippen LogP) is 2.29. The molecule has 182 valence electrons. The van der Waals surface area contributed by atoms with Gasteiger partial charge >= 0.3 is 0 Å². The lowest BCUT2D eigenvalue weighted by Crippen LogP contribution is -2.25. The lowest BCUT2D eigenvalue weighted by atomic mass is 9.99. The molecule has 0 bridgehead atoms. The number of hydrogen-bond acceptors (Lipinski definition) is 10. The summed E-state index contributed by atoms with van der Waals surface area (Å²) in [5.41, 5.74) is 3.92. The third kappa shape index (κ3) is 5.32. The Morgan fingerprint density at radius 2 is 0.727 bits per heavy atom. The van der Waals surface area contributed by atoms with E-state index < -0.39 is 0 Å². The summed E-state index contributed by atoms with van der Waals surface area (Å²) in [6.45, 7) is 0. The molecule has 11 heteroatoms. The molecule has 0 atom stereocenters. The number of nitrogens with zero attached hydrogens (tertiary/aromatic N) is 10. The molecule has 0 aliphatic heterocycles. The average Bonchev–Trinajstić information content (AvgIpc) is 2.72. The highest BCUT2D eigenvalue weighted by Crippen LogP contribution is 2.43. The molecule has 2 aromatic heterocycles. The summed E-state index contributed by atoms with van der Waals surface area (Å²) in [5.74, 6) is 4.21. The molecule has 0 spiro atoms. The third-order valence-electron chi connectivity index (χ3n) is 4.86. The van der Waals surface area contributed by atoms with Gasteiger partial charge in [0.15, 0.2) is 0 Å². The smallest absolute Gasteiger partial charge is 0.228 e. The summed E-state index contributed by atoms with van der Waals surface area (Å²) in [7, 11) is 23.4. The minimum atomic E-state index is 0.611. The van der Waals surface area contributed by atoms with Crippen LogP contribution >= 0.6 is 11.6 Å². The van der Waals surface area contributed by atoms with Gasteiger partial charge in [-0.05, 0) is 0 Å². The fourth-order valence-corrected chi connectivity index (χ4v) is 3.48. The molecule has 2 aromatic rings. The maximum absolute atomic E-state index is 6.58. The van der Waals surface area contributed by atoms with Crippen LogP contribution < -0.4 is 29.4 Å². The van der Waals surface area contributed by atoms with Crippen LogP contribution in [-0.4, -0.2) is 105 Å². The van der Waals surface area contributed by atoms with Gasteiger partial charge in [-0.2, -0.15) is 19.9 Å². The van der Waals surface area contributed by atoms with Gasteiger partial charge in [0.2, 0.25) is 11.9 Å². The van der Waals surface area contributed by atoms with Crippen molar-refractivity contribution in [3.63, 3.8) is 0 Å². The molecule has 0 unspecified atom stereocenters. The summed E-state index contributed by atoms with van der Waals surface area (Å²) in [5, 5.41) is 0. The molecule has 0 aromatic carbocycles. The van der Waals surface area contributed by atoms with Crippen molar-refractivity contribution in [3.05, 3.63) is 16.7 Å². The molecule has 0 aliphatic carbocycles. The van der Waals surface area contributed by atoms with Gasteiger partial charge < -0.3 is 29.4 Å². The Labute approximate surface area is 203 Å². The van der Waals surface area contributed by atoms with Gasteiger partial charge in [0.1, 0.15) is 23.3 Å². The number of anilines is 6. The molecule has 0 fully saturated rings. The Balaban J connectivity index is 3.05. The molecule has 0 radical (unpaired) electrons. The van der Waals surface area contributed by atoms with Crippen molar-refractivity contribution < 1.29 is 0 Å². The van der Waals surface area contributed by atoms with Crippen molar-refractivity contribution in [2.24, 2.45) is 0 Å². The molecular formula is C22H37ClN10. The average molecular weight is 477 g/mol. The Kier molecular flexibility index (Phi) is 8.18. The van der Waals surface area contributed by atoms with Crippen molar-refractivity contribution in [1.29, 1.82) is 0 Å². The standard InChI is InChI=1S/C22H37ClN10/c1-28(2)17-15(18(29(3)4)25-21(24-17)32(9)10)14(13-23)16-19(30(5)6)26-22(33(11)12)27-20(16)31(7)8/h13H,1-12H3. The Bertz CT molecular complexity index is 877. The number of aromatic nitrogens is 4. The first-order valence-electron chi connectivity index (χ1n) is 10.5. The van der Waals surface area contributed by atoms with E-state index in [1.165, 1.54) is 0 Å². The fraction of sp³-hybridized carbons (Fsp3) is 0.545. The highest BCUT2D eigenvalue weighted by molar-refractivity contribution is 6.30. The lowest BCUT2D eigenvalue weighted by molar-refractivity contribution is 0.931. The van der Waals surface area contributed by atoms with Crippen LogP contribution in [0.2, 0.25) is 0 Å². The van der Waals surface area contributed by atoms with E-state index in [-0.39, 0.29) is 0 Å². The molecule has 10 nitrogen and oxygen atoms in total. The number of rotatable bonds is 8. The SMILES string of the molecule is CN(C)c1nc(N(C)C)c(C(=CCl)c2c(N(C)C)nc(N(C)C)nc2N(C)C)c(N(C)C)n1. The van der Waals surface area contributed by atoms with Crippen LogP contribution in [0.1, 0.15) is 11.1 Å². The highest BCUT2D eigenvalue weighted by Gasteiger charge is 2.29. The molecule has 0 amide bonds. The number of halogens is 1. The van der Waals surface area contributed by atoms with Crippen LogP contribution in [0.5, 0.6) is 0 Å². The van der Waals surface area contributed by atoms with E-state index in [0.717, 1.165) is 40.0 Å². The largest absolute Gasteiger partial charge is 0.362 e. The van der Waals surface area contributed by atoms with Gasteiger partial charge in [0.25, 0.3) is 0 Å². The molecule has 33 heavy (non-hydrogen) atoms. The Hall–Kier alpha value is -3.01. The van der Waals surface area contributed by atoms with Gasteiger partial charge in [-0.25, -0.2) is 0 Å². The molecule has 0 aliphatic rings. The van der Waals surface area contributed by atoms with Gasteiger partial charge in [-0.1, -0.05) is 11.6 Å².